The summed E-state index contributed by atoms with van der Waals surface area (Å²) in [5, 5.41) is 9.48. The van der Waals surface area contributed by atoms with Crippen molar-refractivity contribution in [2.24, 2.45) is 0 Å². The fraction of sp³-hybridized carbons (Fsp3) is 0.545. The van der Waals surface area contributed by atoms with E-state index in [-0.39, 0.29) is 6.61 Å². The zero-order chi connectivity index (χ0) is 10.7. The highest BCUT2D eigenvalue weighted by Gasteiger charge is 2.28. The molecule has 0 saturated heterocycles. The molecule has 3 nitrogen and oxygen atoms in total. The molecule has 1 aliphatic rings. The van der Waals surface area contributed by atoms with E-state index in [4.69, 9.17) is 16.7 Å². The van der Waals surface area contributed by atoms with Gasteiger partial charge >= 0.3 is 0 Å². The van der Waals surface area contributed by atoms with Crippen LogP contribution in [0, 0.1) is 0 Å². The zero-order valence-corrected chi connectivity index (χ0v) is 9.32. The summed E-state index contributed by atoms with van der Waals surface area (Å²) in [4.78, 5) is 6.34. The lowest BCUT2D eigenvalue weighted by atomic mass is 10.2. The fourth-order valence-electron chi connectivity index (χ4n) is 1.69. The molecule has 15 heavy (non-hydrogen) atoms. The summed E-state index contributed by atoms with van der Waals surface area (Å²) < 4.78 is 0. The van der Waals surface area contributed by atoms with Crippen LogP contribution in [0.2, 0.25) is 5.15 Å². The Labute approximate surface area is 94.7 Å². The maximum atomic E-state index is 8.96. The minimum atomic E-state index is 0.220. The minimum absolute atomic E-state index is 0.220. The van der Waals surface area contributed by atoms with Gasteiger partial charge in [0, 0.05) is 25.3 Å². The van der Waals surface area contributed by atoms with Crippen LogP contribution in [0.1, 0.15) is 18.4 Å². The molecule has 0 unspecified atom stereocenters. The van der Waals surface area contributed by atoms with Gasteiger partial charge in [0.15, 0.2) is 0 Å². The van der Waals surface area contributed by atoms with Crippen LogP contribution in [0.3, 0.4) is 0 Å². The molecule has 0 aliphatic heterocycles. The van der Waals surface area contributed by atoms with Crippen molar-refractivity contribution in [2.45, 2.75) is 25.4 Å². The molecular weight excluding hydrogens is 212 g/mol. The Bertz CT molecular complexity index is 311. The first kappa shape index (κ1) is 10.9. The van der Waals surface area contributed by atoms with Gasteiger partial charge in [-0.1, -0.05) is 17.7 Å². The molecule has 82 valence electrons. The number of nitrogens with zero attached hydrogens (tertiary/aromatic N) is 2. The Kier molecular flexibility index (Phi) is 3.57. The maximum Gasteiger partial charge on any atom is 0.129 e. The average molecular weight is 227 g/mol. The third kappa shape index (κ3) is 3.16. The van der Waals surface area contributed by atoms with Crippen LogP contribution in [0.4, 0.5) is 0 Å². The van der Waals surface area contributed by atoms with E-state index in [9.17, 15) is 0 Å². The van der Waals surface area contributed by atoms with Crippen molar-refractivity contribution < 1.29 is 5.11 Å². The number of aliphatic hydroxyl groups excluding tert-OH is 1. The quantitative estimate of drug-likeness (QED) is 0.777. The van der Waals surface area contributed by atoms with Crippen molar-refractivity contribution in [1.29, 1.82) is 0 Å². The van der Waals surface area contributed by atoms with Crippen molar-refractivity contribution in [3.05, 3.63) is 29.0 Å². The highest BCUT2D eigenvalue weighted by atomic mass is 35.5. The van der Waals surface area contributed by atoms with Gasteiger partial charge in [0.1, 0.15) is 5.15 Å². The highest BCUT2D eigenvalue weighted by molar-refractivity contribution is 6.29. The summed E-state index contributed by atoms with van der Waals surface area (Å²) in [5.74, 6) is 0. The van der Waals surface area contributed by atoms with Crippen LogP contribution >= 0.6 is 11.6 Å². The van der Waals surface area contributed by atoms with E-state index in [0.717, 1.165) is 18.7 Å². The van der Waals surface area contributed by atoms with Crippen LogP contribution in [0.15, 0.2) is 18.3 Å². The summed E-state index contributed by atoms with van der Waals surface area (Å²) in [6.07, 6.45) is 4.30. The largest absolute Gasteiger partial charge is 0.395 e. The van der Waals surface area contributed by atoms with Crippen LogP contribution in [-0.4, -0.2) is 34.2 Å². The van der Waals surface area contributed by atoms with E-state index in [1.807, 2.05) is 6.07 Å². The van der Waals surface area contributed by atoms with Crippen molar-refractivity contribution >= 4 is 11.6 Å². The molecule has 1 N–H and O–H groups in total. The van der Waals surface area contributed by atoms with Gasteiger partial charge in [-0.2, -0.15) is 0 Å². The second-order valence-corrected chi connectivity index (χ2v) is 4.30. The van der Waals surface area contributed by atoms with Crippen molar-refractivity contribution in [3.63, 3.8) is 0 Å². The van der Waals surface area contributed by atoms with Crippen molar-refractivity contribution in [1.82, 2.24) is 9.88 Å². The first-order valence-corrected chi connectivity index (χ1v) is 5.63. The molecule has 0 radical (unpaired) electrons. The predicted molar refractivity (Wildman–Crippen MR) is 59.8 cm³/mol. The SMILES string of the molecule is OCCN(Cc1ccc(Cl)nc1)C1CC1. The lowest BCUT2D eigenvalue weighted by Gasteiger charge is -2.20. The van der Waals surface area contributed by atoms with E-state index in [1.165, 1.54) is 12.8 Å². The number of hydrogen-bond donors (Lipinski definition) is 1. The molecule has 1 fully saturated rings. The van der Waals surface area contributed by atoms with E-state index in [2.05, 4.69) is 9.88 Å². The topological polar surface area (TPSA) is 36.4 Å². The summed E-state index contributed by atoms with van der Waals surface area (Å²) in [6, 6.07) is 4.45. The van der Waals surface area contributed by atoms with Crippen molar-refractivity contribution in [3.8, 4) is 0 Å². The highest BCUT2D eigenvalue weighted by Crippen LogP contribution is 2.27. The third-order valence-electron chi connectivity index (χ3n) is 2.62. The van der Waals surface area contributed by atoms with E-state index < -0.39 is 0 Å². The molecule has 4 heteroatoms. The van der Waals surface area contributed by atoms with Gasteiger partial charge < -0.3 is 5.11 Å². The normalized spacial score (nSPS) is 15.9. The van der Waals surface area contributed by atoms with Gasteiger partial charge in [-0.05, 0) is 24.5 Å². The molecule has 0 amide bonds. The number of aliphatic hydroxyl groups is 1. The lowest BCUT2D eigenvalue weighted by molar-refractivity contribution is 0.183. The molecule has 1 heterocycles. The summed E-state index contributed by atoms with van der Waals surface area (Å²) in [5.41, 5.74) is 1.15. The molecule has 2 rings (SSSR count). The Morgan fingerprint density at radius 1 is 1.47 bits per heavy atom. The molecule has 0 atom stereocenters. The van der Waals surface area contributed by atoms with Crippen LogP contribution in [0.25, 0.3) is 0 Å². The number of halogens is 1. The number of hydrogen-bond acceptors (Lipinski definition) is 3. The molecule has 1 saturated carbocycles. The number of aromatic nitrogens is 1. The first-order chi connectivity index (χ1) is 7.29. The van der Waals surface area contributed by atoms with Gasteiger partial charge in [0.25, 0.3) is 0 Å². The molecule has 0 spiro atoms. The second-order valence-electron chi connectivity index (χ2n) is 3.91. The molecule has 0 bridgehead atoms. The fourth-order valence-corrected chi connectivity index (χ4v) is 1.81. The van der Waals surface area contributed by atoms with Gasteiger partial charge in [0.05, 0.1) is 6.61 Å². The summed E-state index contributed by atoms with van der Waals surface area (Å²) in [7, 11) is 0. The Morgan fingerprint density at radius 3 is 2.80 bits per heavy atom. The number of rotatable bonds is 5. The predicted octanol–water partition coefficient (Wildman–Crippen LogP) is 1.69. The molecule has 1 aliphatic carbocycles. The van der Waals surface area contributed by atoms with Crippen LogP contribution < -0.4 is 0 Å². The monoisotopic (exact) mass is 226 g/mol. The van der Waals surface area contributed by atoms with Crippen molar-refractivity contribution in [2.75, 3.05) is 13.2 Å². The standard InChI is InChI=1S/C11H15ClN2O/c12-11-4-1-9(7-13-11)8-14(5-6-15)10-2-3-10/h1,4,7,10,15H,2-3,5-6,8H2. The Balaban J connectivity index is 1.95. The van der Waals surface area contributed by atoms with Crippen LogP contribution in [-0.2, 0) is 6.54 Å². The van der Waals surface area contributed by atoms with Gasteiger partial charge in [0.2, 0.25) is 0 Å². The Hall–Kier alpha value is -0.640. The van der Waals surface area contributed by atoms with E-state index in [1.54, 1.807) is 12.3 Å². The summed E-state index contributed by atoms with van der Waals surface area (Å²) in [6.45, 7) is 1.82. The Morgan fingerprint density at radius 2 is 2.27 bits per heavy atom. The zero-order valence-electron chi connectivity index (χ0n) is 8.56. The second kappa shape index (κ2) is 4.92. The molecule has 1 aromatic heterocycles. The lowest BCUT2D eigenvalue weighted by Crippen LogP contribution is -2.28. The first-order valence-electron chi connectivity index (χ1n) is 5.25. The van der Waals surface area contributed by atoms with Gasteiger partial charge in [-0.25, -0.2) is 4.98 Å². The summed E-state index contributed by atoms with van der Waals surface area (Å²) >= 11 is 5.72. The van der Waals surface area contributed by atoms with Crippen LogP contribution in [0.5, 0.6) is 0 Å². The van der Waals surface area contributed by atoms with Gasteiger partial charge in [-0.15, -0.1) is 0 Å². The third-order valence-corrected chi connectivity index (χ3v) is 2.85. The molecular formula is C11H15ClN2O. The molecule has 1 aromatic rings. The maximum absolute atomic E-state index is 8.96. The molecule has 0 aromatic carbocycles. The smallest absolute Gasteiger partial charge is 0.129 e. The average Bonchev–Trinajstić information content (AvgIpc) is 3.04. The van der Waals surface area contributed by atoms with Gasteiger partial charge in [-0.3, -0.25) is 4.90 Å². The minimum Gasteiger partial charge on any atom is -0.395 e. The number of pyridine rings is 1. The van der Waals surface area contributed by atoms with E-state index in [0.29, 0.717) is 11.2 Å². The van der Waals surface area contributed by atoms with E-state index >= 15 is 0 Å².